The van der Waals surface area contributed by atoms with Crippen LogP contribution < -0.4 is 5.32 Å². The quantitative estimate of drug-likeness (QED) is 0.675. The average Bonchev–Trinajstić information content (AvgIpc) is 2.19. The van der Waals surface area contributed by atoms with Crippen molar-refractivity contribution in [2.24, 2.45) is 5.92 Å². The highest BCUT2D eigenvalue weighted by Crippen LogP contribution is 2.03. The summed E-state index contributed by atoms with van der Waals surface area (Å²) in [7, 11) is 1.88. The van der Waals surface area contributed by atoms with Gasteiger partial charge in [-0.3, -0.25) is 4.79 Å². The molecule has 0 aliphatic rings. The van der Waals surface area contributed by atoms with Gasteiger partial charge in [0.1, 0.15) is 0 Å². The Morgan fingerprint density at radius 2 is 2.07 bits per heavy atom. The van der Waals surface area contributed by atoms with E-state index in [4.69, 9.17) is 0 Å². The van der Waals surface area contributed by atoms with Crippen LogP contribution in [-0.2, 0) is 4.79 Å². The second kappa shape index (κ2) is 7.80. The highest BCUT2D eigenvalue weighted by molar-refractivity contribution is 5.78. The van der Waals surface area contributed by atoms with Crippen LogP contribution in [0.3, 0.4) is 0 Å². The van der Waals surface area contributed by atoms with Crippen molar-refractivity contribution in [2.75, 3.05) is 26.7 Å². The first-order valence-electron chi connectivity index (χ1n) is 5.60. The molecule has 1 amide bonds. The van der Waals surface area contributed by atoms with Gasteiger partial charge in [0, 0.05) is 25.6 Å². The zero-order chi connectivity index (χ0) is 11.0. The molecule has 0 aromatic carbocycles. The fourth-order valence-corrected chi connectivity index (χ4v) is 1.48. The minimum absolute atomic E-state index is 0.0943. The Hall–Kier alpha value is -0.570. The maximum Gasteiger partial charge on any atom is 0.226 e. The first-order chi connectivity index (χ1) is 6.67. The van der Waals surface area contributed by atoms with Crippen LogP contribution in [-0.4, -0.2) is 37.5 Å². The fourth-order valence-electron chi connectivity index (χ4n) is 1.48. The van der Waals surface area contributed by atoms with Crippen LogP contribution >= 0.6 is 0 Å². The summed E-state index contributed by atoms with van der Waals surface area (Å²) >= 11 is 0. The smallest absolute Gasteiger partial charge is 0.226 e. The van der Waals surface area contributed by atoms with E-state index in [9.17, 15) is 4.79 Å². The summed E-state index contributed by atoms with van der Waals surface area (Å²) in [5.74, 6) is 0.368. The number of nitrogens with one attached hydrogen (secondary N) is 1. The number of hydrogen-bond acceptors (Lipinski definition) is 2. The molecule has 84 valence electrons. The number of amides is 1. The molecule has 0 spiro atoms. The molecule has 1 atom stereocenters. The number of unbranched alkanes of at least 4 members (excludes halogenated alkanes) is 1. The van der Waals surface area contributed by atoms with Gasteiger partial charge in [-0.1, -0.05) is 20.3 Å². The highest BCUT2D eigenvalue weighted by atomic mass is 16.2. The van der Waals surface area contributed by atoms with Crippen LogP contribution in [0.1, 0.15) is 33.6 Å². The maximum absolute atomic E-state index is 11.9. The zero-order valence-electron chi connectivity index (χ0n) is 9.97. The summed E-state index contributed by atoms with van der Waals surface area (Å²) < 4.78 is 0. The van der Waals surface area contributed by atoms with Gasteiger partial charge >= 0.3 is 0 Å². The predicted octanol–water partition coefficient (Wildman–Crippen LogP) is 1.49. The molecule has 0 fully saturated rings. The van der Waals surface area contributed by atoms with Crippen LogP contribution in [0.15, 0.2) is 0 Å². The van der Waals surface area contributed by atoms with Crippen LogP contribution in [0.2, 0.25) is 0 Å². The Bertz CT molecular complexity index is 159. The van der Waals surface area contributed by atoms with Crippen molar-refractivity contribution in [2.45, 2.75) is 33.6 Å². The number of carbonyl (C=O) groups excluding carboxylic acids is 1. The summed E-state index contributed by atoms with van der Waals surface area (Å²) in [6.45, 7) is 8.66. The predicted molar refractivity (Wildman–Crippen MR) is 60.3 cm³/mol. The number of hydrogen-bond donors (Lipinski definition) is 1. The van der Waals surface area contributed by atoms with Crippen molar-refractivity contribution in [3.63, 3.8) is 0 Å². The molecule has 1 unspecified atom stereocenters. The molecule has 0 saturated heterocycles. The van der Waals surface area contributed by atoms with E-state index in [-0.39, 0.29) is 11.8 Å². The van der Waals surface area contributed by atoms with E-state index in [1.54, 1.807) is 0 Å². The first-order valence-corrected chi connectivity index (χ1v) is 5.60. The van der Waals surface area contributed by atoms with Gasteiger partial charge in [-0.2, -0.15) is 0 Å². The van der Waals surface area contributed by atoms with Crippen LogP contribution in [0.25, 0.3) is 0 Å². The van der Waals surface area contributed by atoms with Gasteiger partial charge in [0.2, 0.25) is 5.91 Å². The highest BCUT2D eigenvalue weighted by Gasteiger charge is 2.17. The monoisotopic (exact) mass is 200 g/mol. The van der Waals surface area contributed by atoms with Crippen LogP contribution in [0, 0.1) is 5.92 Å². The Kier molecular flexibility index (Phi) is 7.48. The van der Waals surface area contributed by atoms with E-state index in [1.165, 1.54) is 0 Å². The third kappa shape index (κ3) is 4.61. The summed E-state index contributed by atoms with van der Waals surface area (Å²) in [5.41, 5.74) is 0. The maximum atomic E-state index is 11.9. The van der Waals surface area contributed by atoms with Crippen molar-refractivity contribution in [3.05, 3.63) is 0 Å². The SMILES string of the molecule is CCCCN(CC)C(=O)C(C)CNC. The van der Waals surface area contributed by atoms with E-state index in [0.29, 0.717) is 0 Å². The van der Waals surface area contributed by atoms with Crippen molar-refractivity contribution < 1.29 is 4.79 Å². The van der Waals surface area contributed by atoms with Gasteiger partial charge in [-0.05, 0) is 20.4 Å². The molecule has 0 aromatic heterocycles. The van der Waals surface area contributed by atoms with E-state index >= 15 is 0 Å². The molecule has 0 radical (unpaired) electrons. The summed E-state index contributed by atoms with van der Waals surface area (Å²) in [6.07, 6.45) is 2.25. The van der Waals surface area contributed by atoms with E-state index in [2.05, 4.69) is 12.2 Å². The number of nitrogens with zero attached hydrogens (tertiary/aromatic N) is 1. The van der Waals surface area contributed by atoms with Gasteiger partial charge in [0.15, 0.2) is 0 Å². The summed E-state index contributed by atoms with van der Waals surface area (Å²) in [6, 6.07) is 0. The molecule has 0 aromatic rings. The molecule has 0 heterocycles. The average molecular weight is 200 g/mol. The molecular formula is C11H24N2O. The molecule has 0 rings (SSSR count). The molecule has 3 heteroatoms. The standard InChI is InChI=1S/C11H24N2O/c1-5-7-8-13(6-2)11(14)10(3)9-12-4/h10,12H,5-9H2,1-4H3. The molecule has 14 heavy (non-hydrogen) atoms. The number of carbonyl (C=O) groups is 1. The first kappa shape index (κ1) is 13.4. The normalized spacial score (nSPS) is 12.6. The van der Waals surface area contributed by atoms with Gasteiger partial charge in [0.05, 0.1) is 0 Å². The molecule has 0 aliphatic heterocycles. The Labute approximate surface area is 87.9 Å². The largest absolute Gasteiger partial charge is 0.343 e. The lowest BCUT2D eigenvalue weighted by Gasteiger charge is -2.24. The minimum atomic E-state index is 0.0943. The minimum Gasteiger partial charge on any atom is -0.343 e. The fraction of sp³-hybridized carbons (Fsp3) is 0.909. The molecule has 0 saturated carbocycles. The Morgan fingerprint density at radius 3 is 2.50 bits per heavy atom. The summed E-state index contributed by atoms with van der Waals surface area (Å²) in [5, 5.41) is 3.04. The van der Waals surface area contributed by atoms with Gasteiger partial charge in [-0.15, -0.1) is 0 Å². The third-order valence-electron chi connectivity index (χ3n) is 2.41. The van der Waals surface area contributed by atoms with Gasteiger partial charge in [-0.25, -0.2) is 0 Å². The van der Waals surface area contributed by atoms with E-state index in [0.717, 1.165) is 32.5 Å². The Morgan fingerprint density at radius 1 is 1.43 bits per heavy atom. The van der Waals surface area contributed by atoms with Crippen molar-refractivity contribution in [1.82, 2.24) is 10.2 Å². The van der Waals surface area contributed by atoms with Crippen molar-refractivity contribution in [1.29, 1.82) is 0 Å². The van der Waals surface area contributed by atoms with Gasteiger partial charge in [0.25, 0.3) is 0 Å². The molecule has 3 nitrogen and oxygen atoms in total. The van der Waals surface area contributed by atoms with Crippen LogP contribution in [0.4, 0.5) is 0 Å². The molecular weight excluding hydrogens is 176 g/mol. The van der Waals surface area contributed by atoms with Crippen molar-refractivity contribution >= 4 is 5.91 Å². The topological polar surface area (TPSA) is 32.3 Å². The van der Waals surface area contributed by atoms with E-state index in [1.807, 2.05) is 25.8 Å². The van der Waals surface area contributed by atoms with Crippen LogP contribution in [0.5, 0.6) is 0 Å². The molecule has 1 N–H and O–H groups in total. The summed E-state index contributed by atoms with van der Waals surface area (Å²) in [4.78, 5) is 13.8. The molecule has 0 aliphatic carbocycles. The second-order valence-corrected chi connectivity index (χ2v) is 3.73. The lowest BCUT2D eigenvalue weighted by atomic mass is 10.1. The Balaban J connectivity index is 4.01. The second-order valence-electron chi connectivity index (χ2n) is 3.73. The lowest BCUT2D eigenvalue weighted by molar-refractivity contribution is -0.134. The number of rotatable bonds is 7. The van der Waals surface area contributed by atoms with Crippen molar-refractivity contribution in [3.8, 4) is 0 Å². The zero-order valence-corrected chi connectivity index (χ0v) is 9.97. The molecule has 0 bridgehead atoms. The van der Waals surface area contributed by atoms with E-state index < -0.39 is 0 Å². The third-order valence-corrected chi connectivity index (χ3v) is 2.41. The van der Waals surface area contributed by atoms with Gasteiger partial charge < -0.3 is 10.2 Å². The lowest BCUT2D eigenvalue weighted by Crippen LogP contribution is -2.38.